The Morgan fingerprint density at radius 3 is 3.00 bits per heavy atom. The number of halogens is 1. The van der Waals surface area contributed by atoms with Crippen LogP contribution in [-0.4, -0.2) is 13.7 Å². The Labute approximate surface area is 92.5 Å². The van der Waals surface area contributed by atoms with E-state index < -0.39 is 0 Å². The predicted molar refractivity (Wildman–Crippen MR) is 59.8 cm³/mol. The van der Waals surface area contributed by atoms with E-state index >= 15 is 0 Å². The second kappa shape index (κ2) is 4.34. The highest BCUT2D eigenvalue weighted by atomic mass is 35.5. The van der Waals surface area contributed by atoms with E-state index in [2.05, 4.69) is 10.7 Å². The van der Waals surface area contributed by atoms with Gasteiger partial charge in [0.25, 0.3) is 0 Å². The van der Waals surface area contributed by atoms with Gasteiger partial charge in [0, 0.05) is 6.42 Å². The summed E-state index contributed by atoms with van der Waals surface area (Å²) < 4.78 is 6.07. The van der Waals surface area contributed by atoms with Crippen molar-refractivity contribution in [2.45, 2.75) is 12.5 Å². The molecular weight excluding hydrogens is 218 g/mol. The van der Waals surface area contributed by atoms with Crippen LogP contribution in [0.4, 0.5) is 0 Å². The number of likely N-dealkylation sites (N-methyl/N-ethyl adjacent to an activating group) is 1. The first-order chi connectivity index (χ1) is 6.81. The summed E-state index contributed by atoms with van der Waals surface area (Å²) in [7, 11) is 1.95. The normalized spacial score (nSPS) is 17.7. The Morgan fingerprint density at radius 2 is 2.50 bits per heavy atom. The number of thiophene rings is 1. The maximum Gasteiger partial charge on any atom is 0.0931 e. The molecule has 0 bridgehead atoms. The molecule has 0 aliphatic carbocycles. The molecule has 1 atom stereocenters. The molecule has 0 amide bonds. The molecule has 0 saturated carbocycles. The van der Waals surface area contributed by atoms with Gasteiger partial charge in [-0.15, -0.1) is 11.3 Å². The molecule has 2 rings (SSSR count). The van der Waals surface area contributed by atoms with Crippen LogP contribution in [0.15, 0.2) is 23.3 Å². The van der Waals surface area contributed by atoms with Gasteiger partial charge in [-0.1, -0.05) is 11.6 Å². The van der Waals surface area contributed by atoms with Crippen LogP contribution in [0.25, 0.3) is 0 Å². The Hall–Kier alpha value is -0.510. The fourth-order valence-electron chi connectivity index (χ4n) is 1.65. The number of nitrogens with one attached hydrogen (secondary N) is 1. The summed E-state index contributed by atoms with van der Waals surface area (Å²) in [5.41, 5.74) is 2.52. The lowest BCUT2D eigenvalue weighted by molar-refractivity contribution is 0.281. The number of ether oxygens (including phenoxy) is 1. The van der Waals surface area contributed by atoms with Crippen LogP contribution < -0.4 is 5.32 Å². The monoisotopic (exact) mass is 229 g/mol. The van der Waals surface area contributed by atoms with Crippen molar-refractivity contribution in [2.24, 2.45) is 0 Å². The highest BCUT2D eigenvalue weighted by Gasteiger charge is 2.19. The van der Waals surface area contributed by atoms with Crippen LogP contribution in [0, 0.1) is 0 Å². The van der Waals surface area contributed by atoms with E-state index in [0.717, 1.165) is 17.4 Å². The summed E-state index contributed by atoms with van der Waals surface area (Å²) in [6, 6.07) is 2.26. The molecule has 2 heterocycles. The molecular formula is C10H12ClNOS. The summed E-state index contributed by atoms with van der Waals surface area (Å²) in [6.45, 7) is 0.797. The highest BCUT2D eigenvalue weighted by molar-refractivity contribution is 7.14. The summed E-state index contributed by atoms with van der Waals surface area (Å²) in [5.74, 6) is 0. The van der Waals surface area contributed by atoms with Crippen molar-refractivity contribution >= 4 is 22.9 Å². The van der Waals surface area contributed by atoms with Crippen LogP contribution >= 0.6 is 22.9 Å². The summed E-state index contributed by atoms with van der Waals surface area (Å²) in [4.78, 5) is 0. The SMILES string of the molecule is CNC(C1=COCC1)c1csc(Cl)c1. The van der Waals surface area contributed by atoms with Gasteiger partial charge in [0.2, 0.25) is 0 Å². The van der Waals surface area contributed by atoms with E-state index in [9.17, 15) is 0 Å². The maximum atomic E-state index is 5.91. The largest absolute Gasteiger partial charge is 0.501 e. The number of rotatable bonds is 3. The molecule has 0 fully saturated rings. The molecule has 2 nitrogen and oxygen atoms in total. The van der Waals surface area contributed by atoms with Crippen LogP contribution in [0.1, 0.15) is 18.0 Å². The summed E-state index contributed by atoms with van der Waals surface area (Å²) >= 11 is 7.47. The molecule has 76 valence electrons. The quantitative estimate of drug-likeness (QED) is 0.861. The van der Waals surface area contributed by atoms with Crippen molar-refractivity contribution in [3.63, 3.8) is 0 Å². The van der Waals surface area contributed by atoms with E-state index in [1.807, 2.05) is 19.4 Å². The Bertz CT molecular complexity index is 348. The molecule has 0 aromatic carbocycles. The molecule has 1 aromatic rings. The lowest BCUT2D eigenvalue weighted by Gasteiger charge is -2.14. The molecule has 1 aromatic heterocycles. The first-order valence-corrected chi connectivity index (χ1v) is 5.79. The van der Waals surface area contributed by atoms with Crippen LogP contribution in [0.2, 0.25) is 4.34 Å². The van der Waals surface area contributed by atoms with Crippen LogP contribution in [0.3, 0.4) is 0 Å². The lowest BCUT2D eigenvalue weighted by atomic mass is 10.0. The minimum absolute atomic E-state index is 0.251. The maximum absolute atomic E-state index is 5.91. The van der Waals surface area contributed by atoms with Crippen molar-refractivity contribution in [3.05, 3.63) is 33.2 Å². The van der Waals surface area contributed by atoms with Crippen molar-refractivity contribution in [2.75, 3.05) is 13.7 Å². The van der Waals surface area contributed by atoms with E-state index in [4.69, 9.17) is 16.3 Å². The van der Waals surface area contributed by atoms with Gasteiger partial charge in [0.05, 0.1) is 23.2 Å². The summed E-state index contributed by atoms with van der Waals surface area (Å²) in [6.07, 6.45) is 2.85. The van der Waals surface area contributed by atoms with Gasteiger partial charge in [-0.3, -0.25) is 0 Å². The van der Waals surface area contributed by atoms with Gasteiger partial charge in [0.1, 0.15) is 0 Å². The van der Waals surface area contributed by atoms with Crippen molar-refractivity contribution < 1.29 is 4.74 Å². The third kappa shape index (κ3) is 1.95. The zero-order valence-electron chi connectivity index (χ0n) is 7.92. The van der Waals surface area contributed by atoms with E-state index in [-0.39, 0.29) is 6.04 Å². The number of hydrogen-bond acceptors (Lipinski definition) is 3. The highest BCUT2D eigenvalue weighted by Crippen LogP contribution is 2.31. The number of hydrogen-bond donors (Lipinski definition) is 1. The Morgan fingerprint density at radius 1 is 1.64 bits per heavy atom. The zero-order chi connectivity index (χ0) is 9.97. The molecule has 1 aliphatic heterocycles. The minimum Gasteiger partial charge on any atom is -0.501 e. The average Bonchev–Trinajstić information content (AvgIpc) is 2.79. The topological polar surface area (TPSA) is 21.3 Å². The van der Waals surface area contributed by atoms with E-state index in [0.29, 0.717) is 0 Å². The first kappa shape index (κ1) is 10.0. The zero-order valence-corrected chi connectivity index (χ0v) is 9.49. The van der Waals surface area contributed by atoms with Crippen molar-refractivity contribution in [1.82, 2.24) is 5.32 Å². The van der Waals surface area contributed by atoms with Gasteiger partial charge in [-0.05, 0) is 29.6 Å². The van der Waals surface area contributed by atoms with Crippen molar-refractivity contribution in [3.8, 4) is 0 Å². The second-order valence-electron chi connectivity index (χ2n) is 3.22. The third-order valence-corrected chi connectivity index (χ3v) is 3.43. The predicted octanol–water partition coefficient (Wildman–Crippen LogP) is 2.97. The first-order valence-electron chi connectivity index (χ1n) is 4.53. The second-order valence-corrected chi connectivity index (χ2v) is 4.76. The standard InChI is InChI=1S/C10H12ClNOS/c1-12-10(7-2-3-13-5-7)8-4-9(11)14-6-8/h4-6,10,12H,2-3H2,1H3. The third-order valence-electron chi connectivity index (χ3n) is 2.32. The molecule has 0 spiro atoms. The molecule has 1 unspecified atom stereocenters. The Balaban J connectivity index is 2.20. The fourth-order valence-corrected chi connectivity index (χ4v) is 2.57. The molecule has 4 heteroatoms. The van der Waals surface area contributed by atoms with Gasteiger partial charge >= 0.3 is 0 Å². The summed E-state index contributed by atoms with van der Waals surface area (Å²) in [5, 5.41) is 5.36. The van der Waals surface area contributed by atoms with Gasteiger partial charge in [0.15, 0.2) is 0 Å². The lowest BCUT2D eigenvalue weighted by Crippen LogP contribution is -2.17. The van der Waals surface area contributed by atoms with E-state index in [1.54, 1.807) is 11.3 Å². The van der Waals surface area contributed by atoms with Crippen LogP contribution in [0.5, 0.6) is 0 Å². The minimum atomic E-state index is 0.251. The molecule has 0 radical (unpaired) electrons. The molecule has 1 aliphatic rings. The van der Waals surface area contributed by atoms with Crippen molar-refractivity contribution in [1.29, 1.82) is 0 Å². The van der Waals surface area contributed by atoms with Gasteiger partial charge in [-0.25, -0.2) is 0 Å². The van der Waals surface area contributed by atoms with E-state index in [1.165, 1.54) is 11.1 Å². The Kier molecular flexibility index (Phi) is 3.11. The molecule has 14 heavy (non-hydrogen) atoms. The fraction of sp³-hybridized carbons (Fsp3) is 0.400. The van der Waals surface area contributed by atoms with Crippen LogP contribution in [-0.2, 0) is 4.74 Å². The average molecular weight is 230 g/mol. The molecule has 0 saturated heterocycles. The smallest absolute Gasteiger partial charge is 0.0931 e. The molecule has 1 N–H and O–H groups in total. The van der Waals surface area contributed by atoms with Gasteiger partial charge < -0.3 is 10.1 Å². The van der Waals surface area contributed by atoms with Gasteiger partial charge in [-0.2, -0.15) is 0 Å².